The molecular weight excluding hydrogens is 285 g/mol. The van der Waals surface area contributed by atoms with Crippen molar-refractivity contribution in [1.29, 1.82) is 0 Å². The molecule has 0 aromatic heterocycles. The summed E-state index contributed by atoms with van der Waals surface area (Å²) in [5.41, 5.74) is 0.760. The van der Waals surface area contributed by atoms with E-state index in [1.54, 1.807) is 24.3 Å². The molecule has 3 nitrogen and oxygen atoms in total. The molecule has 0 aliphatic rings. The quantitative estimate of drug-likeness (QED) is 0.618. The average molecular weight is 302 g/mol. The van der Waals surface area contributed by atoms with E-state index < -0.39 is 0 Å². The highest BCUT2D eigenvalue weighted by atomic mass is 35.5. The van der Waals surface area contributed by atoms with Crippen molar-refractivity contribution in [2.75, 3.05) is 19.8 Å². The molecular formula is C14H17Cl2NO2. The van der Waals surface area contributed by atoms with Gasteiger partial charge in [0.25, 0.3) is 0 Å². The van der Waals surface area contributed by atoms with E-state index in [1.165, 1.54) is 6.08 Å². The number of hydrogen-bond acceptors (Lipinski definition) is 2. The fourth-order valence-corrected chi connectivity index (χ4v) is 1.86. The van der Waals surface area contributed by atoms with E-state index in [0.29, 0.717) is 29.8 Å². The molecule has 0 heterocycles. The van der Waals surface area contributed by atoms with Gasteiger partial charge in [-0.2, -0.15) is 0 Å². The summed E-state index contributed by atoms with van der Waals surface area (Å²) in [5, 5.41) is 3.86. The highest BCUT2D eigenvalue weighted by Gasteiger charge is 1.99. The van der Waals surface area contributed by atoms with Gasteiger partial charge in [0.1, 0.15) is 0 Å². The van der Waals surface area contributed by atoms with Crippen molar-refractivity contribution in [3.63, 3.8) is 0 Å². The molecule has 0 unspecified atom stereocenters. The lowest BCUT2D eigenvalue weighted by Gasteiger charge is -2.02. The van der Waals surface area contributed by atoms with Crippen LogP contribution in [0.15, 0.2) is 24.3 Å². The second-order valence-corrected chi connectivity index (χ2v) is 4.68. The molecule has 0 spiro atoms. The Morgan fingerprint density at radius 2 is 2.21 bits per heavy atom. The Hall–Kier alpha value is -1.03. The summed E-state index contributed by atoms with van der Waals surface area (Å²) in [7, 11) is 0. The number of carbonyl (C=O) groups excluding carboxylic acids is 1. The number of hydrogen-bond donors (Lipinski definition) is 1. The number of nitrogens with one attached hydrogen (secondary N) is 1. The lowest BCUT2D eigenvalue weighted by Crippen LogP contribution is -2.23. The number of carbonyl (C=O) groups is 1. The molecule has 104 valence electrons. The van der Waals surface area contributed by atoms with Gasteiger partial charge in [0, 0.05) is 35.9 Å². The topological polar surface area (TPSA) is 38.3 Å². The summed E-state index contributed by atoms with van der Waals surface area (Å²) in [4.78, 5) is 11.5. The molecule has 19 heavy (non-hydrogen) atoms. The lowest BCUT2D eigenvalue weighted by atomic mass is 10.2. The maximum absolute atomic E-state index is 11.5. The van der Waals surface area contributed by atoms with Gasteiger partial charge in [0.05, 0.1) is 0 Å². The Balaban J connectivity index is 2.37. The average Bonchev–Trinajstić information content (AvgIpc) is 2.37. The molecule has 0 aliphatic heterocycles. The van der Waals surface area contributed by atoms with Crippen molar-refractivity contribution >= 4 is 35.2 Å². The zero-order chi connectivity index (χ0) is 14.1. The van der Waals surface area contributed by atoms with E-state index in [4.69, 9.17) is 27.9 Å². The van der Waals surface area contributed by atoms with Crippen LogP contribution in [0.2, 0.25) is 10.0 Å². The van der Waals surface area contributed by atoms with Crippen LogP contribution in [0.5, 0.6) is 0 Å². The number of benzene rings is 1. The van der Waals surface area contributed by atoms with Crippen LogP contribution in [0.4, 0.5) is 0 Å². The summed E-state index contributed by atoms with van der Waals surface area (Å²) in [5.74, 6) is -0.150. The zero-order valence-electron chi connectivity index (χ0n) is 10.8. The Kier molecular flexibility index (Phi) is 7.56. The molecule has 0 fully saturated rings. The zero-order valence-corrected chi connectivity index (χ0v) is 12.3. The summed E-state index contributed by atoms with van der Waals surface area (Å²) in [6.07, 6.45) is 3.92. The molecule has 0 radical (unpaired) electrons. The summed E-state index contributed by atoms with van der Waals surface area (Å²) < 4.78 is 5.17. The Morgan fingerprint density at radius 3 is 2.89 bits per heavy atom. The molecule has 1 rings (SSSR count). The first-order chi connectivity index (χ1) is 9.13. The fraction of sp³-hybridized carbons (Fsp3) is 0.357. The molecule has 5 heteroatoms. The van der Waals surface area contributed by atoms with Crippen molar-refractivity contribution in [3.8, 4) is 0 Å². The fourth-order valence-electron chi connectivity index (χ4n) is 1.39. The van der Waals surface area contributed by atoms with Crippen LogP contribution in [-0.2, 0) is 9.53 Å². The minimum Gasteiger partial charge on any atom is -0.382 e. The van der Waals surface area contributed by atoms with E-state index in [-0.39, 0.29) is 5.91 Å². The van der Waals surface area contributed by atoms with Crippen LogP contribution in [-0.4, -0.2) is 25.7 Å². The Labute approximate surface area is 123 Å². The third-order valence-electron chi connectivity index (χ3n) is 2.35. The number of amides is 1. The molecule has 0 bridgehead atoms. The van der Waals surface area contributed by atoms with Gasteiger partial charge in [0.15, 0.2) is 0 Å². The van der Waals surface area contributed by atoms with Crippen molar-refractivity contribution in [1.82, 2.24) is 5.32 Å². The predicted molar refractivity (Wildman–Crippen MR) is 79.6 cm³/mol. The van der Waals surface area contributed by atoms with Gasteiger partial charge in [-0.25, -0.2) is 0 Å². The monoisotopic (exact) mass is 301 g/mol. The van der Waals surface area contributed by atoms with Crippen molar-refractivity contribution in [3.05, 3.63) is 39.9 Å². The molecule has 1 amide bonds. The molecule has 0 saturated carbocycles. The first-order valence-electron chi connectivity index (χ1n) is 6.12. The van der Waals surface area contributed by atoms with Crippen LogP contribution in [0.1, 0.15) is 18.9 Å². The van der Waals surface area contributed by atoms with E-state index in [1.807, 2.05) is 6.92 Å². The Bertz CT molecular complexity index is 447. The third kappa shape index (κ3) is 6.62. The van der Waals surface area contributed by atoms with Crippen molar-refractivity contribution in [2.45, 2.75) is 13.3 Å². The normalized spacial score (nSPS) is 10.9. The van der Waals surface area contributed by atoms with Crippen LogP contribution in [0, 0.1) is 0 Å². The van der Waals surface area contributed by atoms with Crippen molar-refractivity contribution < 1.29 is 9.53 Å². The minimum absolute atomic E-state index is 0.150. The van der Waals surface area contributed by atoms with Gasteiger partial charge in [-0.05, 0) is 37.1 Å². The predicted octanol–water partition coefficient (Wildman–Crippen LogP) is 3.55. The van der Waals surface area contributed by atoms with Gasteiger partial charge < -0.3 is 10.1 Å². The smallest absolute Gasteiger partial charge is 0.244 e. The van der Waals surface area contributed by atoms with Gasteiger partial charge in [-0.3, -0.25) is 4.79 Å². The number of ether oxygens (including phenoxy) is 1. The SMILES string of the molecule is CCOCCCNC(=O)/C=C/c1ccc(Cl)cc1Cl. The Morgan fingerprint density at radius 1 is 1.42 bits per heavy atom. The maximum atomic E-state index is 11.5. The standard InChI is InChI=1S/C14H17Cl2NO2/c1-2-19-9-3-8-17-14(18)7-5-11-4-6-12(15)10-13(11)16/h4-7,10H,2-3,8-9H2,1H3,(H,17,18)/b7-5+. The highest BCUT2D eigenvalue weighted by Crippen LogP contribution is 2.21. The van der Waals surface area contributed by atoms with Gasteiger partial charge >= 0.3 is 0 Å². The maximum Gasteiger partial charge on any atom is 0.244 e. The molecule has 0 saturated heterocycles. The van der Waals surface area contributed by atoms with Crippen LogP contribution in [0.3, 0.4) is 0 Å². The highest BCUT2D eigenvalue weighted by molar-refractivity contribution is 6.35. The van der Waals surface area contributed by atoms with Crippen LogP contribution < -0.4 is 5.32 Å². The number of rotatable bonds is 7. The minimum atomic E-state index is -0.150. The van der Waals surface area contributed by atoms with Gasteiger partial charge in [0.2, 0.25) is 5.91 Å². The summed E-state index contributed by atoms with van der Waals surface area (Å²) in [6.45, 7) is 3.89. The van der Waals surface area contributed by atoms with Crippen LogP contribution in [0.25, 0.3) is 6.08 Å². The van der Waals surface area contributed by atoms with Gasteiger partial charge in [-0.1, -0.05) is 29.3 Å². The van der Waals surface area contributed by atoms with E-state index in [9.17, 15) is 4.79 Å². The molecule has 1 aromatic carbocycles. The van der Waals surface area contributed by atoms with Crippen molar-refractivity contribution in [2.24, 2.45) is 0 Å². The van der Waals surface area contributed by atoms with E-state index in [0.717, 1.165) is 12.0 Å². The second kappa shape index (κ2) is 8.97. The van der Waals surface area contributed by atoms with Crippen LogP contribution >= 0.6 is 23.2 Å². The third-order valence-corrected chi connectivity index (χ3v) is 2.91. The van der Waals surface area contributed by atoms with E-state index >= 15 is 0 Å². The first-order valence-corrected chi connectivity index (χ1v) is 6.87. The molecule has 1 N–H and O–H groups in total. The molecule has 0 aliphatic carbocycles. The lowest BCUT2D eigenvalue weighted by molar-refractivity contribution is -0.116. The summed E-state index contributed by atoms with van der Waals surface area (Å²) in [6, 6.07) is 5.14. The van der Waals surface area contributed by atoms with Gasteiger partial charge in [-0.15, -0.1) is 0 Å². The molecule has 1 aromatic rings. The number of halogens is 2. The summed E-state index contributed by atoms with van der Waals surface area (Å²) >= 11 is 11.8. The first kappa shape index (κ1) is 16.0. The van der Waals surface area contributed by atoms with E-state index in [2.05, 4.69) is 5.32 Å². The molecule has 0 atom stereocenters. The largest absolute Gasteiger partial charge is 0.382 e. The second-order valence-electron chi connectivity index (χ2n) is 3.84.